The van der Waals surface area contributed by atoms with E-state index < -0.39 is 10.0 Å². The van der Waals surface area contributed by atoms with Gasteiger partial charge in [-0.05, 0) is 19.1 Å². The lowest BCUT2D eigenvalue weighted by Gasteiger charge is -2.08. The van der Waals surface area contributed by atoms with Crippen molar-refractivity contribution in [3.63, 3.8) is 0 Å². The molecule has 5 heteroatoms. The quantitative estimate of drug-likeness (QED) is 0.886. The zero-order valence-corrected chi connectivity index (χ0v) is 9.66. The maximum atomic E-state index is 11.5. The molecule has 1 N–H and O–H groups in total. The number of sulfonamides is 1. The van der Waals surface area contributed by atoms with Crippen molar-refractivity contribution < 1.29 is 8.42 Å². The minimum absolute atomic E-state index is 0.0518. The highest BCUT2D eigenvalue weighted by atomic mass is 32.2. The van der Waals surface area contributed by atoms with Gasteiger partial charge in [0.05, 0.1) is 17.0 Å². The van der Waals surface area contributed by atoms with Gasteiger partial charge in [-0.15, -0.1) is 0 Å². The monoisotopic (exact) mass is 236 g/mol. The lowest BCUT2D eigenvalue weighted by molar-refractivity contribution is 0.602. The van der Waals surface area contributed by atoms with Crippen LogP contribution in [0.4, 0.5) is 5.69 Å². The van der Waals surface area contributed by atoms with Crippen molar-refractivity contribution in [3.8, 4) is 0 Å². The van der Waals surface area contributed by atoms with E-state index in [4.69, 9.17) is 0 Å². The fraction of sp³-hybridized carbons (Fsp3) is 0.182. The summed E-state index contributed by atoms with van der Waals surface area (Å²) in [5.41, 5.74) is 1.20. The summed E-state index contributed by atoms with van der Waals surface area (Å²) >= 11 is 0. The first kappa shape index (κ1) is 10.9. The topological polar surface area (TPSA) is 59.1 Å². The molecule has 0 atom stereocenters. The van der Waals surface area contributed by atoms with Crippen LogP contribution in [0, 0.1) is 0 Å². The van der Waals surface area contributed by atoms with E-state index in [9.17, 15) is 8.42 Å². The van der Waals surface area contributed by atoms with Crippen LogP contribution in [0.25, 0.3) is 10.9 Å². The number of nitrogens with zero attached hydrogens (tertiary/aromatic N) is 1. The summed E-state index contributed by atoms with van der Waals surface area (Å²) in [4.78, 5) is 4.17. The Kier molecular flexibility index (Phi) is 2.78. The number of hydrogen-bond donors (Lipinski definition) is 1. The fourth-order valence-electron chi connectivity index (χ4n) is 1.43. The molecule has 0 saturated heterocycles. The molecule has 4 nitrogen and oxygen atoms in total. The Balaban J connectivity index is 2.53. The predicted octanol–water partition coefficient (Wildman–Crippen LogP) is 2.00. The molecule has 0 saturated carbocycles. The molecular formula is C11H12N2O2S. The van der Waals surface area contributed by atoms with E-state index in [2.05, 4.69) is 9.71 Å². The molecule has 16 heavy (non-hydrogen) atoms. The van der Waals surface area contributed by atoms with Gasteiger partial charge < -0.3 is 0 Å². The smallest absolute Gasteiger partial charge is 0.232 e. The number of rotatable bonds is 3. The predicted molar refractivity (Wildman–Crippen MR) is 64.8 cm³/mol. The lowest BCUT2D eigenvalue weighted by atomic mass is 10.2. The number of benzene rings is 1. The van der Waals surface area contributed by atoms with Crippen molar-refractivity contribution in [1.82, 2.24) is 4.98 Å². The number of para-hydroxylation sites is 1. The molecule has 0 aliphatic rings. The molecule has 1 aromatic carbocycles. The Morgan fingerprint density at radius 2 is 2.00 bits per heavy atom. The van der Waals surface area contributed by atoms with Crippen LogP contribution in [0.2, 0.25) is 0 Å². The van der Waals surface area contributed by atoms with E-state index in [1.165, 1.54) is 0 Å². The molecule has 84 valence electrons. The van der Waals surface area contributed by atoms with E-state index in [1.54, 1.807) is 25.3 Å². The Bertz CT molecular complexity index is 603. The Labute approximate surface area is 94.4 Å². The second kappa shape index (κ2) is 4.09. The molecule has 0 radical (unpaired) electrons. The van der Waals surface area contributed by atoms with Gasteiger partial charge in [0.25, 0.3) is 0 Å². The van der Waals surface area contributed by atoms with Gasteiger partial charge in [-0.25, -0.2) is 8.42 Å². The molecule has 1 aromatic heterocycles. The van der Waals surface area contributed by atoms with Gasteiger partial charge in [0.2, 0.25) is 10.0 Å². The van der Waals surface area contributed by atoms with Crippen LogP contribution in [0.3, 0.4) is 0 Å². The second-order valence-electron chi connectivity index (χ2n) is 3.39. The van der Waals surface area contributed by atoms with Crippen molar-refractivity contribution in [2.24, 2.45) is 0 Å². The van der Waals surface area contributed by atoms with Crippen LogP contribution >= 0.6 is 0 Å². The average molecular weight is 236 g/mol. The number of pyridine rings is 1. The van der Waals surface area contributed by atoms with E-state index in [0.717, 1.165) is 5.39 Å². The highest BCUT2D eigenvalue weighted by molar-refractivity contribution is 7.92. The lowest BCUT2D eigenvalue weighted by Crippen LogP contribution is -2.14. The van der Waals surface area contributed by atoms with Crippen LogP contribution in [0.5, 0.6) is 0 Å². The molecule has 0 aliphatic carbocycles. The van der Waals surface area contributed by atoms with Crippen LogP contribution in [0.1, 0.15) is 6.92 Å². The van der Waals surface area contributed by atoms with Gasteiger partial charge in [-0.3, -0.25) is 9.71 Å². The minimum Gasteiger partial charge on any atom is -0.281 e. The maximum absolute atomic E-state index is 11.5. The number of anilines is 1. The number of aromatic nitrogens is 1. The highest BCUT2D eigenvalue weighted by Crippen LogP contribution is 2.21. The SMILES string of the molecule is CCS(=O)(=O)Nc1cccc2cccnc12. The van der Waals surface area contributed by atoms with Gasteiger partial charge in [0, 0.05) is 11.6 Å². The Morgan fingerprint density at radius 3 is 2.75 bits per heavy atom. The summed E-state index contributed by atoms with van der Waals surface area (Å²) in [7, 11) is -3.25. The van der Waals surface area contributed by atoms with Crippen LogP contribution < -0.4 is 4.72 Å². The number of fused-ring (bicyclic) bond motifs is 1. The summed E-state index contributed by atoms with van der Waals surface area (Å²) < 4.78 is 25.5. The van der Waals surface area contributed by atoms with Crippen molar-refractivity contribution in [1.29, 1.82) is 0 Å². The van der Waals surface area contributed by atoms with Gasteiger partial charge in [0.15, 0.2) is 0 Å². The summed E-state index contributed by atoms with van der Waals surface area (Å²) in [5.74, 6) is 0.0518. The Morgan fingerprint density at radius 1 is 1.25 bits per heavy atom. The molecule has 2 aromatic rings. The standard InChI is InChI=1S/C11H12N2O2S/c1-2-16(14,15)13-10-7-3-5-9-6-4-8-12-11(9)10/h3-8,13H,2H2,1H3. The molecule has 0 spiro atoms. The normalized spacial score (nSPS) is 11.6. The van der Waals surface area contributed by atoms with Gasteiger partial charge >= 0.3 is 0 Å². The van der Waals surface area contributed by atoms with Crippen LogP contribution in [-0.2, 0) is 10.0 Å². The second-order valence-corrected chi connectivity index (χ2v) is 5.40. The van der Waals surface area contributed by atoms with Crippen molar-refractivity contribution in [2.45, 2.75) is 6.92 Å². The first-order valence-electron chi connectivity index (χ1n) is 4.96. The molecule has 0 aliphatic heterocycles. The van der Waals surface area contributed by atoms with Crippen LogP contribution in [-0.4, -0.2) is 19.2 Å². The molecule has 1 heterocycles. The van der Waals surface area contributed by atoms with Crippen molar-refractivity contribution in [3.05, 3.63) is 36.5 Å². The summed E-state index contributed by atoms with van der Waals surface area (Å²) in [5, 5.41) is 0.916. The first-order chi connectivity index (χ1) is 7.62. The summed E-state index contributed by atoms with van der Waals surface area (Å²) in [6.45, 7) is 1.60. The molecular weight excluding hydrogens is 224 g/mol. The maximum Gasteiger partial charge on any atom is 0.232 e. The van der Waals surface area contributed by atoms with E-state index >= 15 is 0 Å². The molecule has 0 bridgehead atoms. The number of nitrogens with one attached hydrogen (secondary N) is 1. The Hall–Kier alpha value is -1.62. The van der Waals surface area contributed by atoms with Crippen LogP contribution in [0.15, 0.2) is 36.5 Å². The molecule has 0 fully saturated rings. The largest absolute Gasteiger partial charge is 0.281 e. The average Bonchev–Trinajstić information content (AvgIpc) is 2.29. The summed E-state index contributed by atoms with van der Waals surface area (Å²) in [6.07, 6.45) is 1.64. The van der Waals surface area contributed by atoms with Gasteiger partial charge in [-0.1, -0.05) is 18.2 Å². The third kappa shape index (κ3) is 2.14. The third-order valence-electron chi connectivity index (χ3n) is 2.28. The minimum atomic E-state index is -3.25. The highest BCUT2D eigenvalue weighted by Gasteiger charge is 2.09. The molecule has 2 rings (SSSR count). The van der Waals surface area contributed by atoms with Gasteiger partial charge in [0.1, 0.15) is 0 Å². The van der Waals surface area contributed by atoms with E-state index in [1.807, 2.05) is 18.2 Å². The summed E-state index contributed by atoms with van der Waals surface area (Å²) in [6, 6.07) is 9.12. The van der Waals surface area contributed by atoms with E-state index in [-0.39, 0.29) is 5.75 Å². The first-order valence-corrected chi connectivity index (χ1v) is 6.62. The zero-order chi connectivity index (χ0) is 11.6. The third-order valence-corrected chi connectivity index (χ3v) is 3.57. The van der Waals surface area contributed by atoms with Crippen molar-refractivity contribution in [2.75, 3.05) is 10.5 Å². The fourth-order valence-corrected chi connectivity index (χ4v) is 2.07. The van der Waals surface area contributed by atoms with Gasteiger partial charge in [-0.2, -0.15) is 0 Å². The van der Waals surface area contributed by atoms with Crippen molar-refractivity contribution >= 4 is 26.6 Å². The number of hydrogen-bond acceptors (Lipinski definition) is 3. The molecule has 0 unspecified atom stereocenters. The molecule has 0 amide bonds. The van der Waals surface area contributed by atoms with E-state index in [0.29, 0.717) is 11.2 Å². The zero-order valence-electron chi connectivity index (χ0n) is 8.84.